The Bertz CT molecular complexity index is 1170. The van der Waals surface area contributed by atoms with Gasteiger partial charge in [-0.15, -0.1) is 0 Å². The third-order valence-corrected chi connectivity index (χ3v) is 7.20. The van der Waals surface area contributed by atoms with E-state index >= 15 is 0 Å². The molecule has 0 radical (unpaired) electrons. The average Bonchev–Trinajstić information content (AvgIpc) is 3.30. The van der Waals surface area contributed by atoms with Crippen molar-refractivity contribution in [2.75, 3.05) is 39.5 Å². The summed E-state index contributed by atoms with van der Waals surface area (Å²) in [4.78, 5) is 27.6. The number of para-hydroxylation sites is 1. The summed E-state index contributed by atoms with van der Waals surface area (Å²) in [5.41, 5.74) is 3.83. The standard InChI is InChI=1S/C29H35N3O4/c33-28(30-24-12-17-35-18-13-24)23-10-8-22(9-11-23)5-3-4-14-32-21-26(25-6-1-2-7-27(25)32)29(34)31-15-19-36-20-16-31/h1-2,6-11,21,24H,3-5,12-20H2,(H,30,33). The summed E-state index contributed by atoms with van der Waals surface area (Å²) in [5.74, 6) is 0.0876. The third kappa shape index (κ3) is 5.79. The van der Waals surface area contributed by atoms with Gasteiger partial charge >= 0.3 is 0 Å². The van der Waals surface area contributed by atoms with Crippen molar-refractivity contribution in [3.8, 4) is 0 Å². The van der Waals surface area contributed by atoms with Crippen LogP contribution >= 0.6 is 0 Å². The molecule has 2 amide bonds. The van der Waals surface area contributed by atoms with Crippen molar-refractivity contribution < 1.29 is 19.1 Å². The summed E-state index contributed by atoms with van der Waals surface area (Å²) >= 11 is 0. The number of fused-ring (bicyclic) bond motifs is 1. The molecule has 3 aromatic rings. The number of carbonyl (C=O) groups excluding carboxylic acids is 2. The van der Waals surface area contributed by atoms with E-state index in [0.29, 0.717) is 45.1 Å². The second-order valence-electron chi connectivity index (χ2n) is 9.67. The number of carbonyl (C=O) groups is 2. The molecule has 0 saturated carbocycles. The van der Waals surface area contributed by atoms with E-state index in [1.54, 1.807) is 0 Å². The molecule has 190 valence electrons. The normalized spacial score (nSPS) is 16.8. The SMILES string of the molecule is O=C(NC1CCOCC1)c1ccc(CCCCn2cc(C(=O)N3CCOCC3)c3ccccc32)cc1. The fourth-order valence-corrected chi connectivity index (χ4v) is 5.08. The first kappa shape index (κ1) is 24.5. The minimum absolute atomic E-state index is 0.00429. The van der Waals surface area contributed by atoms with E-state index in [9.17, 15) is 9.59 Å². The van der Waals surface area contributed by atoms with Crippen LogP contribution in [0.25, 0.3) is 10.9 Å². The fourth-order valence-electron chi connectivity index (χ4n) is 5.08. The molecule has 7 nitrogen and oxygen atoms in total. The molecule has 0 unspecified atom stereocenters. The maximum Gasteiger partial charge on any atom is 0.256 e. The van der Waals surface area contributed by atoms with Crippen LogP contribution < -0.4 is 5.32 Å². The number of benzene rings is 2. The Morgan fingerprint density at radius 1 is 0.889 bits per heavy atom. The predicted octanol–water partition coefficient (Wildman–Crippen LogP) is 4.05. The van der Waals surface area contributed by atoms with Gasteiger partial charge in [0.2, 0.25) is 0 Å². The van der Waals surface area contributed by atoms with Gasteiger partial charge in [-0.2, -0.15) is 0 Å². The van der Waals surface area contributed by atoms with Gasteiger partial charge in [0.15, 0.2) is 0 Å². The van der Waals surface area contributed by atoms with Gasteiger partial charge in [0.05, 0.1) is 18.8 Å². The van der Waals surface area contributed by atoms with Gasteiger partial charge < -0.3 is 24.3 Å². The van der Waals surface area contributed by atoms with Crippen LogP contribution in [-0.2, 0) is 22.4 Å². The summed E-state index contributed by atoms with van der Waals surface area (Å²) < 4.78 is 13.0. The zero-order valence-electron chi connectivity index (χ0n) is 20.8. The van der Waals surface area contributed by atoms with Crippen molar-refractivity contribution >= 4 is 22.7 Å². The van der Waals surface area contributed by atoms with Crippen LogP contribution in [-0.4, -0.2) is 66.8 Å². The van der Waals surface area contributed by atoms with Crippen LogP contribution in [0, 0.1) is 0 Å². The molecule has 7 heteroatoms. The van der Waals surface area contributed by atoms with Crippen LogP contribution in [0.4, 0.5) is 0 Å². The lowest BCUT2D eigenvalue weighted by atomic mass is 10.0. The number of nitrogens with one attached hydrogen (secondary N) is 1. The van der Waals surface area contributed by atoms with Crippen molar-refractivity contribution in [2.45, 2.75) is 44.7 Å². The van der Waals surface area contributed by atoms with E-state index < -0.39 is 0 Å². The topological polar surface area (TPSA) is 72.8 Å². The number of morpholine rings is 1. The van der Waals surface area contributed by atoms with E-state index in [2.05, 4.69) is 28.1 Å². The van der Waals surface area contributed by atoms with E-state index in [1.807, 2.05) is 41.4 Å². The molecular weight excluding hydrogens is 454 g/mol. The number of nitrogens with zero attached hydrogens (tertiary/aromatic N) is 2. The second kappa shape index (κ2) is 11.7. The highest BCUT2D eigenvalue weighted by molar-refractivity contribution is 6.07. The summed E-state index contributed by atoms with van der Waals surface area (Å²) in [7, 11) is 0. The monoisotopic (exact) mass is 489 g/mol. The molecule has 0 aliphatic carbocycles. The van der Waals surface area contributed by atoms with Crippen LogP contribution in [0.15, 0.2) is 54.7 Å². The number of aromatic nitrogens is 1. The number of unbranched alkanes of at least 4 members (excludes halogenated alkanes) is 1. The molecule has 1 aromatic heterocycles. The number of rotatable bonds is 8. The number of amides is 2. The van der Waals surface area contributed by atoms with Gasteiger partial charge in [0.1, 0.15) is 0 Å². The number of hydrogen-bond donors (Lipinski definition) is 1. The Morgan fingerprint density at radius 2 is 1.61 bits per heavy atom. The van der Waals surface area contributed by atoms with Gasteiger partial charge in [-0.3, -0.25) is 9.59 Å². The first-order valence-corrected chi connectivity index (χ1v) is 13.1. The van der Waals surface area contributed by atoms with Crippen LogP contribution in [0.2, 0.25) is 0 Å². The van der Waals surface area contributed by atoms with Crippen LogP contribution in [0.3, 0.4) is 0 Å². The number of hydrogen-bond acceptors (Lipinski definition) is 4. The smallest absolute Gasteiger partial charge is 0.256 e. The highest BCUT2D eigenvalue weighted by atomic mass is 16.5. The summed E-state index contributed by atoms with van der Waals surface area (Å²) in [6, 6.07) is 16.3. The Hall–Kier alpha value is -3.16. The zero-order valence-corrected chi connectivity index (χ0v) is 20.8. The molecule has 1 N–H and O–H groups in total. The quantitative estimate of drug-likeness (QED) is 0.485. The minimum atomic E-state index is -0.00429. The molecule has 36 heavy (non-hydrogen) atoms. The van der Waals surface area contributed by atoms with Crippen LogP contribution in [0.1, 0.15) is 52.0 Å². The van der Waals surface area contributed by atoms with Crippen molar-refractivity contribution in [3.05, 3.63) is 71.4 Å². The maximum absolute atomic E-state index is 13.2. The van der Waals surface area contributed by atoms with Crippen molar-refractivity contribution in [1.29, 1.82) is 0 Å². The molecule has 2 aromatic carbocycles. The summed E-state index contributed by atoms with van der Waals surface area (Å²) in [6.07, 6.45) is 6.78. The van der Waals surface area contributed by atoms with Crippen LogP contribution in [0.5, 0.6) is 0 Å². The van der Waals surface area contributed by atoms with Crippen molar-refractivity contribution in [1.82, 2.24) is 14.8 Å². The van der Waals surface area contributed by atoms with Crippen molar-refractivity contribution in [2.24, 2.45) is 0 Å². The maximum atomic E-state index is 13.2. The molecule has 5 rings (SSSR count). The first-order chi connectivity index (χ1) is 17.7. The van der Waals surface area contributed by atoms with E-state index in [1.165, 1.54) is 5.56 Å². The van der Waals surface area contributed by atoms with E-state index in [0.717, 1.165) is 55.1 Å². The van der Waals surface area contributed by atoms with E-state index in [4.69, 9.17) is 9.47 Å². The third-order valence-electron chi connectivity index (χ3n) is 7.20. The lowest BCUT2D eigenvalue weighted by Gasteiger charge is -2.26. The molecule has 2 aliphatic heterocycles. The molecule has 3 heterocycles. The average molecular weight is 490 g/mol. The highest BCUT2D eigenvalue weighted by Crippen LogP contribution is 2.24. The fraction of sp³-hybridized carbons (Fsp3) is 0.448. The Balaban J connectivity index is 1.15. The van der Waals surface area contributed by atoms with Gasteiger partial charge in [-0.1, -0.05) is 30.3 Å². The Labute approximate surface area is 212 Å². The van der Waals surface area contributed by atoms with Gasteiger partial charge in [-0.05, 0) is 55.9 Å². The summed E-state index contributed by atoms with van der Waals surface area (Å²) in [6.45, 7) is 4.80. The largest absolute Gasteiger partial charge is 0.381 e. The number of aryl methyl sites for hydroxylation is 2. The highest BCUT2D eigenvalue weighted by Gasteiger charge is 2.22. The predicted molar refractivity (Wildman–Crippen MR) is 139 cm³/mol. The van der Waals surface area contributed by atoms with E-state index in [-0.39, 0.29) is 17.9 Å². The lowest BCUT2D eigenvalue weighted by Crippen LogP contribution is -2.40. The molecule has 2 fully saturated rings. The molecule has 0 atom stereocenters. The lowest BCUT2D eigenvalue weighted by molar-refractivity contribution is 0.0304. The molecule has 2 saturated heterocycles. The Kier molecular flexibility index (Phi) is 7.98. The summed E-state index contributed by atoms with van der Waals surface area (Å²) in [5, 5.41) is 4.13. The second-order valence-corrected chi connectivity index (χ2v) is 9.67. The number of ether oxygens (including phenoxy) is 2. The molecule has 0 bridgehead atoms. The van der Waals surface area contributed by atoms with Gasteiger partial charge in [0, 0.05) is 61.6 Å². The van der Waals surface area contributed by atoms with Crippen molar-refractivity contribution in [3.63, 3.8) is 0 Å². The molecule has 0 spiro atoms. The molecular formula is C29H35N3O4. The van der Waals surface area contributed by atoms with Gasteiger partial charge in [-0.25, -0.2) is 0 Å². The zero-order chi connectivity index (χ0) is 24.7. The minimum Gasteiger partial charge on any atom is -0.381 e. The Morgan fingerprint density at radius 3 is 2.39 bits per heavy atom. The van der Waals surface area contributed by atoms with Gasteiger partial charge in [0.25, 0.3) is 11.8 Å². The first-order valence-electron chi connectivity index (χ1n) is 13.1. The molecule has 2 aliphatic rings.